The molecular formula is C20H28ClNO3. The lowest BCUT2D eigenvalue weighted by Gasteiger charge is -2.27. The summed E-state index contributed by atoms with van der Waals surface area (Å²) in [7, 11) is 0. The van der Waals surface area contributed by atoms with Crippen LogP contribution in [-0.2, 0) is 4.74 Å². The standard InChI is InChI=1S/C20H27NO3.ClH/c1-2-20(17-9-5-3-6-10-17)24-16-19(23)15-21(13-14-22)18-11-7-4-8-12-18;/h3-12,19-20,22-23H,2,13-16H2,1H3;1H. The van der Waals surface area contributed by atoms with E-state index >= 15 is 0 Å². The van der Waals surface area contributed by atoms with Gasteiger partial charge < -0.3 is 19.8 Å². The van der Waals surface area contributed by atoms with Crippen molar-refractivity contribution in [1.82, 2.24) is 0 Å². The molecule has 0 amide bonds. The number of hydrogen-bond donors (Lipinski definition) is 2. The van der Waals surface area contributed by atoms with Crippen molar-refractivity contribution in [2.24, 2.45) is 0 Å². The third-order valence-corrected chi connectivity index (χ3v) is 3.95. The van der Waals surface area contributed by atoms with E-state index in [1.165, 1.54) is 0 Å². The zero-order chi connectivity index (χ0) is 17.2. The molecule has 0 saturated carbocycles. The first-order valence-corrected chi connectivity index (χ1v) is 8.50. The SMILES string of the molecule is CCC(OCC(O)CN(CCO)c1ccccc1)c1ccccc1.Cl. The maximum atomic E-state index is 10.4. The van der Waals surface area contributed by atoms with Gasteiger partial charge in [0, 0.05) is 18.8 Å². The van der Waals surface area contributed by atoms with Crippen LogP contribution in [0, 0.1) is 0 Å². The molecule has 2 rings (SSSR count). The molecule has 2 N–H and O–H groups in total. The highest BCUT2D eigenvalue weighted by Gasteiger charge is 2.15. The zero-order valence-electron chi connectivity index (χ0n) is 14.6. The average Bonchev–Trinajstić information content (AvgIpc) is 2.63. The summed E-state index contributed by atoms with van der Waals surface area (Å²) in [6, 6.07) is 19.9. The van der Waals surface area contributed by atoms with Crippen LogP contribution in [0.25, 0.3) is 0 Å². The van der Waals surface area contributed by atoms with E-state index in [9.17, 15) is 10.2 Å². The first-order chi connectivity index (χ1) is 11.7. The molecular weight excluding hydrogens is 338 g/mol. The average molecular weight is 366 g/mol. The molecule has 2 aromatic carbocycles. The lowest BCUT2D eigenvalue weighted by atomic mass is 10.1. The van der Waals surface area contributed by atoms with E-state index in [0.717, 1.165) is 17.7 Å². The number of hydrogen-bond acceptors (Lipinski definition) is 4. The van der Waals surface area contributed by atoms with Crippen LogP contribution in [0.5, 0.6) is 0 Å². The first kappa shape index (κ1) is 21.5. The zero-order valence-corrected chi connectivity index (χ0v) is 15.4. The number of aliphatic hydroxyl groups is 2. The Labute approximate surface area is 156 Å². The summed E-state index contributed by atoms with van der Waals surface area (Å²) in [5, 5.41) is 19.6. The van der Waals surface area contributed by atoms with E-state index in [0.29, 0.717) is 13.1 Å². The Hall–Kier alpha value is -1.59. The fourth-order valence-corrected chi connectivity index (χ4v) is 2.74. The second-order valence-electron chi connectivity index (χ2n) is 5.80. The molecule has 138 valence electrons. The Morgan fingerprint density at radius 1 is 1.00 bits per heavy atom. The van der Waals surface area contributed by atoms with Gasteiger partial charge in [-0.3, -0.25) is 0 Å². The van der Waals surface area contributed by atoms with Crippen molar-refractivity contribution in [3.05, 3.63) is 66.2 Å². The molecule has 5 heteroatoms. The minimum absolute atomic E-state index is 0. The molecule has 2 atom stereocenters. The van der Waals surface area contributed by atoms with Gasteiger partial charge in [0.2, 0.25) is 0 Å². The molecule has 0 radical (unpaired) electrons. The van der Waals surface area contributed by atoms with E-state index in [4.69, 9.17) is 4.74 Å². The number of rotatable bonds is 10. The van der Waals surface area contributed by atoms with Crippen molar-refractivity contribution in [3.63, 3.8) is 0 Å². The van der Waals surface area contributed by atoms with E-state index in [-0.39, 0.29) is 31.7 Å². The largest absolute Gasteiger partial charge is 0.395 e. The third kappa shape index (κ3) is 7.04. The van der Waals surface area contributed by atoms with Crippen molar-refractivity contribution in [1.29, 1.82) is 0 Å². The lowest BCUT2D eigenvalue weighted by molar-refractivity contribution is -0.00937. The maximum Gasteiger partial charge on any atom is 0.0948 e. The number of halogens is 1. The van der Waals surface area contributed by atoms with Crippen molar-refractivity contribution < 1.29 is 14.9 Å². The predicted octanol–water partition coefficient (Wildman–Crippen LogP) is 3.44. The fraction of sp³-hybridized carbons (Fsp3) is 0.400. The van der Waals surface area contributed by atoms with E-state index < -0.39 is 6.10 Å². The summed E-state index contributed by atoms with van der Waals surface area (Å²) in [4.78, 5) is 1.97. The number of nitrogens with zero attached hydrogens (tertiary/aromatic N) is 1. The molecule has 0 saturated heterocycles. The normalized spacial score (nSPS) is 12.9. The number of benzene rings is 2. The molecule has 2 unspecified atom stereocenters. The molecule has 2 aromatic rings. The van der Waals surface area contributed by atoms with Crippen LogP contribution in [0.4, 0.5) is 5.69 Å². The van der Waals surface area contributed by atoms with Gasteiger partial charge in [-0.05, 0) is 24.1 Å². The van der Waals surface area contributed by atoms with Crippen LogP contribution >= 0.6 is 12.4 Å². The summed E-state index contributed by atoms with van der Waals surface area (Å²) < 4.78 is 5.91. The third-order valence-electron chi connectivity index (χ3n) is 3.95. The highest BCUT2D eigenvalue weighted by atomic mass is 35.5. The molecule has 0 heterocycles. The number of aliphatic hydroxyl groups excluding tert-OH is 2. The van der Waals surface area contributed by atoms with E-state index in [2.05, 4.69) is 6.92 Å². The fourth-order valence-electron chi connectivity index (χ4n) is 2.74. The Morgan fingerprint density at radius 3 is 2.16 bits per heavy atom. The monoisotopic (exact) mass is 365 g/mol. The molecule has 0 fully saturated rings. The van der Waals surface area contributed by atoms with Crippen LogP contribution in [0.3, 0.4) is 0 Å². The summed E-state index contributed by atoms with van der Waals surface area (Å²) in [5.41, 5.74) is 2.11. The van der Waals surface area contributed by atoms with Gasteiger partial charge in [0.15, 0.2) is 0 Å². The van der Waals surface area contributed by atoms with Gasteiger partial charge >= 0.3 is 0 Å². The minimum atomic E-state index is -0.616. The molecule has 0 aliphatic carbocycles. The van der Waals surface area contributed by atoms with Gasteiger partial charge in [-0.25, -0.2) is 0 Å². The second kappa shape index (κ2) is 11.9. The summed E-state index contributed by atoms with van der Waals surface area (Å²) in [5.74, 6) is 0. The van der Waals surface area contributed by atoms with Crippen molar-refractivity contribution >= 4 is 18.1 Å². The number of para-hydroxylation sites is 1. The van der Waals surface area contributed by atoms with Gasteiger partial charge in [0.1, 0.15) is 0 Å². The topological polar surface area (TPSA) is 52.9 Å². The van der Waals surface area contributed by atoms with Crippen molar-refractivity contribution in [2.45, 2.75) is 25.6 Å². The van der Waals surface area contributed by atoms with Crippen LogP contribution in [0.15, 0.2) is 60.7 Å². The van der Waals surface area contributed by atoms with Crippen molar-refractivity contribution in [2.75, 3.05) is 31.2 Å². The number of ether oxygens (including phenoxy) is 1. The van der Waals surface area contributed by atoms with Gasteiger partial charge in [0.05, 0.1) is 25.4 Å². The Balaban J connectivity index is 0.00000312. The highest BCUT2D eigenvalue weighted by Crippen LogP contribution is 2.21. The quantitative estimate of drug-likeness (QED) is 0.677. The maximum absolute atomic E-state index is 10.4. The van der Waals surface area contributed by atoms with Crippen LogP contribution < -0.4 is 4.90 Å². The second-order valence-corrected chi connectivity index (χ2v) is 5.80. The molecule has 0 aromatic heterocycles. The van der Waals surface area contributed by atoms with Crippen LogP contribution in [0.2, 0.25) is 0 Å². The smallest absolute Gasteiger partial charge is 0.0948 e. The summed E-state index contributed by atoms with van der Waals surface area (Å²) in [6.07, 6.45) is 0.230. The lowest BCUT2D eigenvalue weighted by Crippen LogP contribution is -2.37. The molecule has 25 heavy (non-hydrogen) atoms. The molecule has 0 aliphatic rings. The van der Waals surface area contributed by atoms with Crippen LogP contribution in [0.1, 0.15) is 25.0 Å². The Kier molecular flexibility index (Phi) is 10.2. The molecule has 0 aliphatic heterocycles. The van der Waals surface area contributed by atoms with Gasteiger partial charge in [-0.1, -0.05) is 55.5 Å². The summed E-state index contributed by atoms with van der Waals surface area (Å²) >= 11 is 0. The van der Waals surface area contributed by atoms with Gasteiger partial charge in [-0.2, -0.15) is 0 Å². The Bertz CT molecular complexity index is 568. The van der Waals surface area contributed by atoms with Gasteiger partial charge in [-0.15, -0.1) is 12.4 Å². The molecule has 0 spiro atoms. The van der Waals surface area contributed by atoms with Crippen LogP contribution in [-0.4, -0.2) is 42.6 Å². The number of anilines is 1. The minimum Gasteiger partial charge on any atom is -0.395 e. The van der Waals surface area contributed by atoms with Gasteiger partial charge in [0.25, 0.3) is 0 Å². The van der Waals surface area contributed by atoms with Crippen molar-refractivity contribution in [3.8, 4) is 0 Å². The first-order valence-electron chi connectivity index (χ1n) is 8.50. The molecule has 4 nitrogen and oxygen atoms in total. The Morgan fingerprint density at radius 2 is 1.60 bits per heavy atom. The molecule has 0 bridgehead atoms. The van der Waals surface area contributed by atoms with E-state index in [1.54, 1.807) is 0 Å². The van der Waals surface area contributed by atoms with E-state index in [1.807, 2.05) is 65.6 Å². The predicted molar refractivity (Wildman–Crippen MR) is 104 cm³/mol. The highest BCUT2D eigenvalue weighted by molar-refractivity contribution is 5.85. The summed E-state index contributed by atoms with van der Waals surface area (Å²) in [6.45, 7) is 3.30.